The van der Waals surface area contributed by atoms with Gasteiger partial charge < -0.3 is 15.8 Å². The Morgan fingerprint density at radius 2 is 1.75 bits per heavy atom. The molecule has 0 fully saturated rings. The molecule has 5 nitrogen and oxygen atoms in total. The first-order chi connectivity index (χ1) is 11.6. The van der Waals surface area contributed by atoms with Gasteiger partial charge in [-0.25, -0.2) is 0 Å². The topological polar surface area (TPSA) is 81.4 Å². The third-order valence-electron chi connectivity index (χ3n) is 3.61. The van der Waals surface area contributed by atoms with Crippen molar-refractivity contribution in [2.45, 2.75) is 25.8 Å². The van der Waals surface area contributed by atoms with E-state index in [9.17, 15) is 9.59 Å². The normalized spacial score (nSPS) is 11.5. The standard InChI is InChI=1S/C19H22N2O3/c1-2-24-17(22)13-10-14-8-11-16(12-9-14)21-18(19(20)23)15-6-4-3-5-7-15/h3-9,11-12,18,21H,2,10,13H2,1H3,(H2,20,23)/t18-/m0/s1. The van der Waals surface area contributed by atoms with Gasteiger partial charge in [0.25, 0.3) is 0 Å². The van der Waals surface area contributed by atoms with Crippen molar-refractivity contribution in [3.05, 3.63) is 65.7 Å². The van der Waals surface area contributed by atoms with Gasteiger partial charge >= 0.3 is 5.97 Å². The molecule has 0 spiro atoms. The largest absolute Gasteiger partial charge is 0.466 e. The summed E-state index contributed by atoms with van der Waals surface area (Å²) in [7, 11) is 0. The van der Waals surface area contributed by atoms with Crippen molar-refractivity contribution in [3.63, 3.8) is 0 Å². The molecule has 2 aromatic rings. The number of esters is 1. The van der Waals surface area contributed by atoms with Crippen LogP contribution in [-0.4, -0.2) is 18.5 Å². The van der Waals surface area contributed by atoms with Crippen molar-refractivity contribution < 1.29 is 14.3 Å². The van der Waals surface area contributed by atoms with Gasteiger partial charge in [0, 0.05) is 12.1 Å². The number of primary amides is 1. The highest BCUT2D eigenvalue weighted by atomic mass is 16.5. The number of hydrogen-bond donors (Lipinski definition) is 2. The van der Waals surface area contributed by atoms with Crippen LogP contribution < -0.4 is 11.1 Å². The van der Waals surface area contributed by atoms with Gasteiger partial charge in [0.1, 0.15) is 6.04 Å². The fourth-order valence-electron chi connectivity index (χ4n) is 2.38. The van der Waals surface area contributed by atoms with Crippen LogP contribution in [0, 0.1) is 0 Å². The van der Waals surface area contributed by atoms with E-state index in [4.69, 9.17) is 10.5 Å². The van der Waals surface area contributed by atoms with Crippen LogP contribution in [0.2, 0.25) is 0 Å². The molecule has 0 unspecified atom stereocenters. The van der Waals surface area contributed by atoms with Gasteiger partial charge in [0.2, 0.25) is 5.91 Å². The zero-order valence-electron chi connectivity index (χ0n) is 13.7. The molecular formula is C19H22N2O3. The molecule has 0 radical (unpaired) electrons. The second-order valence-corrected chi connectivity index (χ2v) is 5.39. The minimum atomic E-state index is -0.586. The fourth-order valence-corrected chi connectivity index (χ4v) is 2.38. The SMILES string of the molecule is CCOC(=O)CCc1ccc(N[C@H](C(N)=O)c2ccccc2)cc1. The zero-order chi connectivity index (χ0) is 17.4. The van der Waals surface area contributed by atoms with E-state index in [0.717, 1.165) is 16.8 Å². The Bertz CT molecular complexity index is 669. The van der Waals surface area contributed by atoms with Crippen LogP contribution in [0.5, 0.6) is 0 Å². The predicted molar refractivity (Wildman–Crippen MR) is 93.4 cm³/mol. The Morgan fingerprint density at radius 3 is 2.33 bits per heavy atom. The van der Waals surface area contributed by atoms with E-state index in [1.165, 1.54) is 0 Å². The Morgan fingerprint density at radius 1 is 1.08 bits per heavy atom. The van der Waals surface area contributed by atoms with Crippen molar-refractivity contribution >= 4 is 17.6 Å². The van der Waals surface area contributed by atoms with Crippen molar-refractivity contribution in [3.8, 4) is 0 Å². The number of nitrogens with one attached hydrogen (secondary N) is 1. The smallest absolute Gasteiger partial charge is 0.306 e. The second kappa shape index (κ2) is 8.72. The van der Waals surface area contributed by atoms with Crippen LogP contribution >= 0.6 is 0 Å². The van der Waals surface area contributed by atoms with Crippen LogP contribution in [0.3, 0.4) is 0 Å². The third kappa shape index (κ3) is 5.12. The molecule has 1 amide bonds. The summed E-state index contributed by atoms with van der Waals surface area (Å²) in [4.78, 5) is 23.1. The molecule has 0 aliphatic carbocycles. The lowest BCUT2D eigenvalue weighted by Crippen LogP contribution is -2.27. The lowest BCUT2D eigenvalue weighted by atomic mass is 10.1. The molecule has 0 aromatic heterocycles. The first-order valence-corrected chi connectivity index (χ1v) is 7.95. The number of anilines is 1. The van der Waals surface area contributed by atoms with Gasteiger partial charge in [-0.3, -0.25) is 9.59 Å². The highest BCUT2D eigenvalue weighted by Crippen LogP contribution is 2.20. The summed E-state index contributed by atoms with van der Waals surface area (Å²) in [5.41, 5.74) is 8.14. The molecule has 5 heteroatoms. The van der Waals surface area contributed by atoms with Crippen LogP contribution in [-0.2, 0) is 20.7 Å². The summed E-state index contributed by atoms with van der Waals surface area (Å²) in [5.74, 6) is -0.634. The monoisotopic (exact) mass is 326 g/mol. The summed E-state index contributed by atoms with van der Waals surface area (Å²) in [6, 6.07) is 16.3. The van der Waals surface area contributed by atoms with E-state index in [1.807, 2.05) is 54.6 Å². The van der Waals surface area contributed by atoms with Gasteiger partial charge in [-0.1, -0.05) is 42.5 Å². The summed E-state index contributed by atoms with van der Waals surface area (Å²) in [5, 5.41) is 3.14. The molecule has 3 N–H and O–H groups in total. The average molecular weight is 326 g/mol. The molecule has 2 rings (SSSR count). The van der Waals surface area contributed by atoms with Crippen molar-refractivity contribution in [1.82, 2.24) is 0 Å². The fraction of sp³-hybridized carbons (Fsp3) is 0.263. The summed E-state index contributed by atoms with van der Waals surface area (Å²) >= 11 is 0. The maximum atomic E-state index is 11.7. The molecule has 0 saturated carbocycles. The highest BCUT2D eigenvalue weighted by molar-refractivity contribution is 5.84. The van der Waals surface area contributed by atoms with E-state index in [0.29, 0.717) is 19.4 Å². The quantitative estimate of drug-likeness (QED) is 0.731. The molecule has 0 aliphatic rings. The molecule has 126 valence electrons. The average Bonchev–Trinajstić information content (AvgIpc) is 2.59. The van der Waals surface area contributed by atoms with E-state index < -0.39 is 11.9 Å². The molecule has 0 bridgehead atoms. The Balaban J connectivity index is 1.99. The lowest BCUT2D eigenvalue weighted by molar-refractivity contribution is -0.143. The van der Waals surface area contributed by atoms with E-state index in [2.05, 4.69) is 5.32 Å². The number of benzene rings is 2. The van der Waals surface area contributed by atoms with E-state index in [1.54, 1.807) is 6.92 Å². The number of carbonyl (C=O) groups excluding carboxylic acids is 2. The Labute approximate surface area is 141 Å². The molecular weight excluding hydrogens is 304 g/mol. The minimum absolute atomic E-state index is 0.197. The second-order valence-electron chi connectivity index (χ2n) is 5.39. The molecule has 0 aliphatic heterocycles. The van der Waals surface area contributed by atoms with Crippen molar-refractivity contribution in [2.24, 2.45) is 5.73 Å². The van der Waals surface area contributed by atoms with Crippen molar-refractivity contribution in [1.29, 1.82) is 0 Å². The zero-order valence-corrected chi connectivity index (χ0v) is 13.7. The van der Waals surface area contributed by atoms with Crippen LogP contribution in [0.4, 0.5) is 5.69 Å². The molecule has 0 heterocycles. The van der Waals surface area contributed by atoms with Crippen LogP contribution in [0.1, 0.15) is 30.5 Å². The van der Waals surface area contributed by atoms with Gasteiger partial charge in [-0.05, 0) is 36.6 Å². The van der Waals surface area contributed by atoms with Gasteiger partial charge in [-0.2, -0.15) is 0 Å². The minimum Gasteiger partial charge on any atom is -0.466 e. The molecule has 1 atom stereocenters. The third-order valence-corrected chi connectivity index (χ3v) is 3.61. The maximum Gasteiger partial charge on any atom is 0.306 e. The summed E-state index contributed by atoms with van der Waals surface area (Å²) < 4.78 is 4.91. The van der Waals surface area contributed by atoms with Crippen LogP contribution in [0.25, 0.3) is 0 Å². The number of carbonyl (C=O) groups is 2. The van der Waals surface area contributed by atoms with Crippen molar-refractivity contribution in [2.75, 3.05) is 11.9 Å². The number of aryl methyl sites for hydroxylation is 1. The molecule has 0 saturated heterocycles. The molecule has 2 aromatic carbocycles. The number of nitrogens with two attached hydrogens (primary N) is 1. The summed E-state index contributed by atoms with van der Waals surface area (Å²) in [6.45, 7) is 2.19. The van der Waals surface area contributed by atoms with E-state index >= 15 is 0 Å². The first kappa shape index (κ1) is 17.5. The Hall–Kier alpha value is -2.82. The van der Waals surface area contributed by atoms with Crippen LogP contribution in [0.15, 0.2) is 54.6 Å². The first-order valence-electron chi connectivity index (χ1n) is 7.95. The highest BCUT2D eigenvalue weighted by Gasteiger charge is 2.17. The maximum absolute atomic E-state index is 11.7. The Kier molecular flexibility index (Phi) is 6.37. The van der Waals surface area contributed by atoms with E-state index in [-0.39, 0.29) is 5.97 Å². The number of hydrogen-bond acceptors (Lipinski definition) is 4. The predicted octanol–water partition coefficient (Wildman–Crippen LogP) is 2.82. The van der Waals surface area contributed by atoms with Gasteiger partial charge in [-0.15, -0.1) is 0 Å². The summed E-state index contributed by atoms with van der Waals surface area (Å²) in [6.07, 6.45) is 0.978. The number of rotatable bonds is 8. The van der Waals surface area contributed by atoms with Gasteiger partial charge in [0.05, 0.1) is 6.61 Å². The molecule has 24 heavy (non-hydrogen) atoms. The van der Waals surface area contributed by atoms with Gasteiger partial charge in [0.15, 0.2) is 0 Å². The number of ether oxygens (including phenoxy) is 1. The number of amides is 1. The lowest BCUT2D eigenvalue weighted by Gasteiger charge is -2.17.